The van der Waals surface area contributed by atoms with Crippen LogP contribution in [0.4, 0.5) is 5.95 Å². The number of ether oxygens (including phenoxy) is 1. The smallest absolute Gasteiger partial charge is 0.272 e. The molecule has 136 valence electrons. The second kappa shape index (κ2) is 7.28. The van der Waals surface area contributed by atoms with E-state index in [-0.39, 0.29) is 5.91 Å². The number of carbonyl (C=O) groups excluding carboxylic acids is 1. The summed E-state index contributed by atoms with van der Waals surface area (Å²) in [5.41, 5.74) is 2.89. The molecule has 2 saturated heterocycles. The summed E-state index contributed by atoms with van der Waals surface area (Å²) in [5, 5.41) is 0. The van der Waals surface area contributed by atoms with Crippen molar-refractivity contribution in [2.24, 2.45) is 5.92 Å². The molecule has 3 aliphatic rings. The van der Waals surface area contributed by atoms with E-state index in [1.54, 1.807) is 7.11 Å². The van der Waals surface area contributed by atoms with Crippen LogP contribution in [0.3, 0.4) is 0 Å². The molecule has 0 saturated carbocycles. The van der Waals surface area contributed by atoms with Crippen molar-refractivity contribution in [2.75, 3.05) is 44.8 Å². The van der Waals surface area contributed by atoms with Gasteiger partial charge < -0.3 is 14.5 Å². The van der Waals surface area contributed by atoms with Crippen molar-refractivity contribution >= 4 is 11.9 Å². The van der Waals surface area contributed by atoms with Gasteiger partial charge in [-0.05, 0) is 44.9 Å². The number of nitrogens with zero attached hydrogens (tertiary/aromatic N) is 4. The fourth-order valence-electron chi connectivity index (χ4n) is 4.36. The van der Waals surface area contributed by atoms with E-state index in [0.29, 0.717) is 11.6 Å². The zero-order valence-electron chi connectivity index (χ0n) is 15.2. The summed E-state index contributed by atoms with van der Waals surface area (Å²) in [6, 6.07) is 0. The van der Waals surface area contributed by atoms with E-state index in [1.807, 2.05) is 4.90 Å². The van der Waals surface area contributed by atoms with Gasteiger partial charge in [-0.2, -0.15) is 0 Å². The molecule has 1 aromatic heterocycles. The summed E-state index contributed by atoms with van der Waals surface area (Å²) in [6.07, 6.45) is 7.61. The molecule has 0 bridgehead atoms. The van der Waals surface area contributed by atoms with Crippen molar-refractivity contribution in [3.63, 3.8) is 0 Å². The Morgan fingerprint density at radius 2 is 1.92 bits per heavy atom. The molecule has 25 heavy (non-hydrogen) atoms. The molecule has 0 aromatic carbocycles. The number of fused-ring (bicyclic) bond motifs is 1. The first-order valence-electron chi connectivity index (χ1n) is 9.69. The number of aromatic nitrogens is 2. The SMILES string of the molecule is COC[C@@H]1CCN(C(=O)c2nc(N3CCCC3)nc3c2CCCC3)C1. The predicted molar refractivity (Wildman–Crippen MR) is 96.0 cm³/mol. The van der Waals surface area contributed by atoms with Crippen LogP contribution in [0.25, 0.3) is 0 Å². The number of anilines is 1. The topological polar surface area (TPSA) is 58.6 Å². The fourth-order valence-corrected chi connectivity index (χ4v) is 4.36. The van der Waals surface area contributed by atoms with Crippen LogP contribution in [0.1, 0.15) is 53.8 Å². The number of likely N-dealkylation sites (tertiary alicyclic amines) is 1. The first-order chi connectivity index (χ1) is 12.3. The highest BCUT2D eigenvalue weighted by Crippen LogP contribution is 2.28. The summed E-state index contributed by atoms with van der Waals surface area (Å²) in [4.78, 5) is 27.0. The van der Waals surface area contributed by atoms with Crippen LogP contribution < -0.4 is 4.90 Å². The summed E-state index contributed by atoms with van der Waals surface area (Å²) < 4.78 is 5.27. The lowest BCUT2D eigenvalue weighted by Gasteiger charge is -2.24. The third-order valence-electron chi connectivity index (χ3n) is 5.74. The third-order valence-corrected chi connectivity index (χ3v) is 5.74. The van der Waals surface area contributed by atoms with Gasteiger partial charge in [0, 0.05) is 50.5 Å². The van der Waals surface area contributed by atoms with Crippen molar-refractivity contribution in [3.05, 3.63) is 17.0 Å². The molecule has 2 fully saturated rings. The molecular formula is C19H28N4O2. The minimum atomic E-state index is 0.0969. The van der Waals surface area contributed by atoms with E-state index in [4.69, 9.17) is 14.7 Å². The fraction of sp³-hybridized carbons (Fsp3) is 0.737. The lowest BCUT2D eigenvalue weighted by molar-refractivity contribution is 0.0768. The van der Waals surface area contributed by atoms with Gasteiger partial charge in [-0.1, -0.05) is 0 Å². The quantitative estimate of drug-likeness (QED) is 0.837. The Balaban J connectivity index is 1.63. The number of hydrogen-bond acceptors (Lipinski definition) is 5. The Kier molecular flexibility index (Phi) is 4.88. The summed E-state index contributed by atoms with van der Waals surface area (Å²) >= 11 is 0. The molecule has 0 radical (unpaired) electrons. The Labute approximate surface area is 149 Å². The van der Waals surface area contributed by atoms with Crippen molar-refractivity contribution in [1.82, 2.24) is 14.9 Å². The molecule has 1 atom stereocenters. The first-order valence-corrected chi connectivity index (χ1v) is 9.69. The monoisotopic (exact) mass is 344 g/mol. The summed E-state index contributed by atoms with van der Waals surface area (Å²) in [5.74, 6) is 1.32. The molecule has 1 amide bonds. The van der Waals surface area contributed by atoms with Crippen LogP contribution in [0, 0.1) is 5.92 Å². The number of methoxy groups -OCH3 is 1. The van der Waals surface area contributed by atoms with Crippen molar-refractivity contribution in [3.8, 4) is 0 Å². The van der Waals surface area contributed by atoms with Gasteiger partial charge in [0.05, 0.1) is 6.61 Å². The van der Waals surface area contributed by atoms with Gasteiger partial charge in [-0.25, -0.2) is 9.97 Å². The molecule has 1 aliphatic carbocycles. The molecule has 6 heteroatoms. The highest BCUT2D eigenvalue weighted by molar-refractivity contribution is 5.94. The van der Waals surface area contributed by atoms with Crippen molar-refractivity contribution in [1.29, 1.82) is 0 Å². The number of aryl methyl sites for hydroxylation is 1. The van der Waals surface area contributed by atoms with Crippen LogP contribution in [0.2, 0.25) is 0 Å². The van der Waals surface area contributed by atoms with Crippen LogP contribution in [0.15, 0.2) is 0 Å². The van der Waals surface area contributed by atoms with Gasteiger partial charge in [0.15, 0.2) is 0 Å². The Morgan fingerprint density at radius 1 is 1.12 bits per heavy atom. The molecule has 1 aromatic rings. The second-order valence-electron chi connectivity index (χ2n) is 7.56. The van der Waals surface area contributed by atoms with E-state index in [9.17, 15) is 4.79 Å². The normalized spacial score (nSPS) is 23.2. The standard InChI is InChI=1S/C19H28N4O2/c1-25-13-14-8-11-23(12-14)18(24)17-15-6-2-3-7-16(15)20-19(21-17)22-9-4-5-10-22/h14H,2-13H2,1H3/t14-/m1/s1. The third kappa shape index (κ3) is 3.36. The molecule has 0 unspecified atom stereocenters. The molecule has 0 spiro atoms. The lowest BCUT2D eigenvalue weighted by Crippen LogP contribution is -2.33. The Hall–Kier alpha value is -1.69. The first kappa shape index (κ1) is 16.8. The average molecular weight is 344 g/mol. The maximum absolute atomic E-state index is 13.2. The van der Waals surface area contributed by atoms with Crippen LogP contribution in [-0.2, 0) is 17.6 Å². The van der Waals surface area contributed by atoms with Gasteiger partial charge >= 0.3 is 0 Å². The second-order valence-corrected chi connectivity index (χ2v) is 7.56. The Bertz CT molecular complexity index is 643. The van der Waals surface area contributed by atoms with E-state index >= 15 is 0 Å². The predicted octanol–water partition coefficient (Wildman–Crippen LogP) is 2.06. The van der Waals surface area contributed by atoms with E-state index < -0.39 is 0 Å². The number of hydrogen-bond donors (Lipinski definition) is 0. The van der Waals surface area contributed by atoms with Gasteiger partial charge in [0.1, 0.15) is 5.69 Å². The van der Waals surface area contributed by atoms with E-state index in [0.717, 1.165) is 82.1 Å². The number of amides is 1. The van der Waals surface area contributed by atoms with E-state index in [2.05, 4.69) is 4.90 Å². The Morgan fingerprint density at radius 3 is 2.72 bits per heavy atom. The van der Waals surface area contributed by atoms with Gasteiger partial charge in [0.2, 0.25) is 5.95 Å². The molecule has 2 aliphatic heterocycles. The highest BCUT2D eigenvalue weighted by Gasteiger charge is 2.31. The average Bonchev–Trinajstić information content (AvgIpc) is 3.32. The van der Waals surface area contributed by atoms with Crippen molar-refractivity contribution < 1.29 is 9.53 Å². The minimum Gasteiger partial charge on any atom is -0.384 e. The summed E-state index contributed by atoms with van der Waals surface area (Å²) in [7, 11) is 1.73. The number of carbonyl (C=O) groups is 1. The maximum Gasteiger partial charge on any atom is 0.272 e. The molecule has 0 N–H and O–H groups in total. The zero-order valence-corrected chi connectivity index (χ0v) is 15.2. The van der Waals surface area contributed by atoms with Crippen LogP contribution in [-0.4, -0.2) is 60.7 Å². The van der Waals surface area contributed by atoms with Crippen molar-refractivity contribution in [2.45, 2.75) is 44.9 Å². The lowest BCUT2D eigenvalue weighted by atomic mass is 9.94. The van der Waals surface area contributed by atoms with Gasteiger partial charge in [0.25, 0.3) is 5.91 Å². The van der Waals surface area contributed by atoms with E-state index in [1.165, 1.54) is 12.8 Å². The van der Waals surface area contributed by atoms with Crippen LogP contribution >= 0.6 is 0 Å². The zero-order chi connectivity index (χ0) is 17.2. The van der Waals surface area contributed by atoms with Gasteiger partial charge in [-0.3, -0.25) is 4.79 Å². The summed E-state index contributed by atoms with van der Waals surface area (Å²) in [6.45, 7) is 4.33. The van der Waals surface area contributed by atoms with Gasteiger partial charge in [-0.15, -0.1) is 0 Å². The minimum absolute atomic E-state index is 0.0969. The number of rotatable bonds is 4. The molecule has 4 rings (SSSR count). The van der Waals surface area contributed by atoms with Crippen LogP contribution in [0.5, 0.6) is 0 Å². The molecular weight excluding hydrogens is 316 g/mol. The largest absolute Gasteiger partial charge is 0.384 e. The maximum atomic E-state index is 13.2. The highest BCUT2D eigenvalue weighted by atomic mass is 16.5. The molecule has 3 heterocycles. The molecule has 6 nitrogen and oxygen atoms in total.